The maximum atomic E-state index is 12.3. The van der Waals surface area contributed by atoms with Crippen LogP contribution in [-0.2, 0) is 16.6 Å². The van der Waals surface area contributed by atoms with Crippen LogP contribution >= 0.6 is 11.8 Å². The number of aromatic nitrogens is 4. The quantitative estimate of drug-likeness (QED) is 0.534. The molecule has 0 atom stereocenters. The number of rotatable bonds is 4. The van der Waals surface area contributed by atoms with Crippen molar-refractivity contribution in [2.45, 2.75) is 25.1 Å². The van der Waals surface area contributed by atoms with Crippen LogP contribution in [0.15, 0.2) is 34.2 Å². The van der Waals surface area contributed by atoms with E-state index in [1.807, 2.05) is 18.2 Å². The standard InChI is InChI=1S/C15H16N4O3S/c1-9(2)22-12(20)8-23-15-17-16-14-18(3)13(21)10-6-4-5-7-11(10)19(14)15/h4-7,9H,8H2,1-3H3. The molecular formula is C15H16N4O3S. The zero-order valence-corrected chi connectivity index (χ0v) is 13.8. The number of hydrogen-bond acceptors (Lipinski definition) is 6. The second-order valence-corrected chi connectivity index (χ2v) is 6.27. The zero-order chi connectivity index (χ0) is 16.6. The van der Waals surface area contributed by atoms with Crippen LogP contribution in [-0.4, -0.2) is 37.0 Å². The molecule has 0 fully saturated rings. The molecule has 0 bridgehead atoms. The lowest BCUT2D eigenvalue weighted by Gasteiger charge is -2.08. The molecule has 7 nitrogen and oxygen atoms in total. The first-order chi connectivity index (χ1) is 11.0. The Morgan fingerprint density at radius 3 is 2.78 bits per heavy atom. The van der Waals surface area contributed by atoms with Crippen molar-refractivity contribution < 1.29 is 9.53 Å². The summed E-state index contributed by atoms with van der Waals surface area (Å²) in [6.45, 7) is 3.61. The molecule has 0 unspecified atom stereocenters. The first kappa shape index (κ1) is 15.5. The zero-order valence-electron chi connectivity index (χ0n) is 13.0. The maximum absolute atomic E-state index is 12.3. The summed E-state index contributed by atoms with van der Waals surface area (Å²) >= 11 is 1.24. The Hall–Kier alpha value is -2.35. The van der Waals surface area contributed by atoms with Crippen LogP contribution in [0.3, 0.4) is 0 Å². The SMILES string of the molecule is CC(C)OC(=O)CSc1nnc2n(C)c(=O)c3ccccc3n12. The monoisotopic (exact) mass is 332 g/mol. The van der Waals surface area contributed by atoms with Crippen molar-refractivity contribution in [1.82, 2.24) is 19.2 Å². The minimum Gasteiger partial charge on any atom is -0.462 e. The lowest BCUT2D eigenvalue weighted by Crippen LogP contribution is -2.20. The first-order valence-electron chi connectivity index (χ1n) is 7.14. The average Bonchev–Trinajstić information content (AvgIpc) is 2.94. The van der Waals surface area contributed by atoms with Gasteiger partial charge in [0.2, 0.25) is 5.78 Å². The predicted molar refractivity (Wildman–Crippen MR) is 87.7 cm³/mol. The molecule has 0 N–H and O–H groups in total. The van der Waals surface area contributed by atoms with Crippen LogP contribution in [0.2, 0.25) is 0 Å². The van der Waals surface area contributed by atoms with E-state index < -0.39 is 0 Å². The van der Waals surface area contributed by atoms with Gasteiger partial charge in [-0.15, -0.1) is 10.2 Å². The number of nitrogens with zero attached hydrogens (tertiary/aromatic N) is 4. The summed E-state index contributed by atoms with van der Waals surface area (Å²) in [4.78, 5) is 24.1. The van der Waals surface area contributed by atoms with Crippen molar-refractivity contribution >= 4 is 34.4 Å². The minimum absolute atomic E-state index is 0.128. The Kier molecular flexibility index (Phi) is 4.08. The van der Waals surface area contributed by atoms with E-state index in [1.165, 1.54) is 16.3 Å². The molecule has 0 aliphatic carbocycles. The van der Waals surface area contributed by atoms with E-state index >= 15 is 0 Å². The number of benzene rings is 1. The highest BCUT2D eigenvalue weighted by atomic mass is 32.2. The van der Waals surface area contributed by atoms with Crippen LogP contribution in [0.5, 0.6) is 0 Å². The van der Waals surface area contributed by atoms with Gasteiger partial charge in [-0.05, 0) is 26.0 Å². The molecule has 1 aromatic carbocycles. The van der Waals surface area contributed by atoms with Crippen LogP contribution in [0.4, 0.5) is 0 Å². The van der Waals surface area contributed by atoms with Gasteiger partial charge in [0.1, 0.15) is 0 Å². The molecule has 0 aliphatic heterocycles. The summed E-state index contributed by atoms with van der Waals surface area (Å²) in [6, 6.07) is 7.26. The fraction of sp³-hybridized carbons (Fsp3) is 0.333. The summed E-state index contributed by atoms with van der Waals surface area (Å²) in [6.07, 6.45) is -0.153. The molecule has 120 valence electrons. The number of hydrogen-bond donors (Lipinski definition) is 0. The van der Waals surface area contributed by atoms with E-state index in [1.54, 1.807) is 31.4 Å². The molecule has 0 saturated carbocycles. The first-order valence-corrected chi connectivity index (χ1v) is 8.12. The summed E-state index contributed by atoms with van der Waals surface area (Å²) in [7, 11) is 1.65. The van der Waals surface area contributed by atoms with Crippen molar-refractivity contribution in [3.8, 4) is 0 Å². The normalized spacial score (nSPS) is 11.5. The highest BCUT2D eigenvalue weighted by Gasteiger charge is 2.16. The number of thioether (sulfide) groups is 1. The number of ether oxygens (including phenoxy) is 1. The van der Waals surface area contributed by atoms with Gasteiger partial charge in [-0.3, -0.25) is 18.6 Å². The number of carbonyl (C=O) groups excluding carboxylic acids is 1. The Morgan fingerprint density at radius 2 is 2.04 bits per heavy atom. The molecule has 0 spiro atoms. The van der Waals surface area contributed by atoms with Gasteiger partial charge < -0.3 is 4.74 Å². The summed E-state index contributed by atoms with van der Waals surface area (Å²) < 4.78 is 8.35. The van der Waals surface area contributed by atoms with Crippen molar-refractivity contribution in [2.24, 2.45) is 7.05 Å². The number of esters is 1. The number of fused-ring (bicyclic) bond motifs is 3. The lowest BCUT2D eigenvalue weighted by atomic mass is 10.2. The average molecular weight is 332 g/mol. The van der Waals surface area contributed by atoms with E-state index in [0.29, 0.717) is 16.3 Å². The van der Waals surface area contributed by atoms with Gasteiger partial charge >= 0.3 is 5.97 Å². The molecule has 0 aliphatic rings. The highest BCUT2D eigenvalue weighted by Crippen LogP contribution is 2.21. The Bertz CT molecular complexity index is 945. The van der Waals surface area contributed by atoms with E-state index in [0.717, 1.165) is 5.52 Å². The predicted octanol–water partition coefficient (Wildman–Crippen LogP) is 1.62. The van der Waals surface area contributed by atoms with Gasteiger partial charge in [0.05, 0.1) is 22.8 Å². The third-order valence-corrected chi connectivity index (χ3v) is 4.19. The van der Waals surface area contributed by atoms with Gasteiger partial charge in [-0.2, -0.15) is 0 Å². The van der Waals surface area contributed by atoms with E-state index in [2.05, 4.69) is 10.2 Å². The number of para-hydroxylation sites is 1. The van der Waals surface area contributed by atoms with Gasteiger partial charge in [0.15, 0.2) is 5.16 Å². The Labute approximate surface area is 136 Å². The smallest absolute Gasteiger partial charge is 0.316 e. The van der Waals surface area contributed by atoms with Crippen molar-refractivity contribution in [2.75, 3.05) is 5.75 Å². The van der Waals surface area contributed by atoms with E-state index in [9.17, 15) is 9.59 Å². The molecule has 3 aromatic rings. The van der Waals surface area contributed by atoms with Crippen LogP contribution in [0.1, 0.15) is 13.8 Å². The van der Waals surface area contributed by atoms with E-state index in [4.69, 9.17) is 4.74 Å². The third kappa shape index (κ3) is 2.81. The van der Waals surface area contributed by atoms with Crippen molar-refractivity contribution in [1.29, 1.82) is 0 Å². The molecule has 0 radical (unpaired) electrons. The van der Waals surface area contributed by atoms with Crippen LogP contribution < -0.4 is 5.56 Å². The van der Waals surface area contributed by atoms with E-state index in [-0.39, 0.29) is 23.4 Å². The van der Waals surface area contributed by atoms with Crippen molar-refractivity contribution in [3.63, 3.8) is 0 Å². The topological polar surface area (TPSA) is 78.5 Å². The van der Waals surface area contributed by atoms with Crippen molar-refractivity contribution in [3.05, 3.63) is 34.6 Å². The highest BCUT2D eigenvalue weighted by molar-refractivity contribution is 7.99. The molecule has 0 saturated heterocycles. The van der Waals surface area contributed by atoms with Gasteiger partial charge in [0.25, 0.3) is 5.56 Å². The summed E-state index contributed by atoms with van der Waals surface area (Å²) in [5.74, 6) is 0.264. The summed E-state index contributed by atoms with van der Waals surface area (Å²) in [5.41, 5.74) is 0.589. The second kappa shape index (κ2) is 6.04. The molecule has 23 heavy (non-hydrogen) atoms. The summed E-state index contributed by atoms with van der Waals surface area (Å²) in [5, 5.41) is 9.30. The third-order valence-electron chi connectivity index (χ3n) is 3.28. The van der Waals surface area contributed by atoms with Crippen LogP contribution in [0.25, 0.3) is 16.7 Å². The molecular weight excluding hydrogens is 316 g/mol. The molecule has 8 heteroatoms. The Balaban J connectivity index is 2.06. The second-order valence-electron chi connectivity index (χ2n) is 5.33. The van der Waals surface area contributed by atoms with Gasteiger partial charge in [-0.25, -0.2) is 0 Å². The largest absolute Gasteiger partial charge is 0.462 e. The minimum atomic E-state index is -0.309. The molecule has 2 heterocycles. The van der Waals surface area contributed by atoms with Crippen LogP contribution in [0, 0.1) is 0 Å². The maximum Gasteiger partial charge on any atom is 0.316 e. The molecule has 3 rings (SSSR count). The van der Waals surface area contributed by atoms with Gasteiger partial charge in [-0.1, -0.05) is 23.9 Å². The Morgan fingerprint density at radius 1 is 1.30 bits per heavy atom. The fourth-order valence-corrected chi connectivity index (χ4v) is 3.05. The lowest BCUT2D eigenvalue weighted by molar-refractivity contribution is -0.144. The molecule has 0 amide bonds. The molecule has 2 aromatic heterocycles. The number of carbonyl (C=O) groups is 1. The number of aryl methyl sites for hydroxylation is 1. The fourth-order valence-electron chi connectivity index (χ4n) is 2.33. The van der Waals surface area contributed by atoms with Gasteiger partial charge in [0, 0.05) is 7.05 Å².